The van der Waals surface area contributed by atoms with Gasteiger partial charge in [0.2, 0.25) is 0 Å². The third-order valence-electron chi connectivity index (χ3n) is 11.2. The monoisotopic (exact) mass is 762 g/mol. The minimum Gasteiger partial charge on any atom is -0.507 e. The number of hydrogen-bond acceptors (Lipinski definition) is 4. The van der Waals surface area contributed by atoms with Gasteiger partial charge in [0, 0.05) is 22.3 Å². The van der Waals surface area contributed by atoms with Crippen LogP contribution >= 0.6 is 0 Å². The van der Waals surface area contributed by atoms with E-state index < -0.39 is 23.8 Å². The maximum Gasteiger partial charge on any atom is 0.306 e. The first-order valence-corrected chi connectivity index (χ1v) is 20.0. The van der Waals surface area contributed by atoms with Crippen molar-refractivity contribution in [1.29, 1.82) is 0 Å². The molecule has 4 aromatic carbocycles. The summed E-state index contributed by atoms with van der Waals surface area (Å²) < 4.78 is 0. The third kappa shape index (κ3) is 9.86. The summed E-state index contributed by atoms with van der Waals surface area (Å²) in [6, 6.07) is 20.0. The van der Waals surface area contributed by atoms with Gasteiger partial charge in [-0.2, -0.15) is 0 Å². The lowest BCUT2D eigenvalue weighted by molar-refractivity contribution is -0.145. The van der Waals surface area contributed by atoms with Crippen molar-refractivity contribution >= 4 is 11.9 Å². The molecule has 0 amide bonds. The number of aryl methyl sites for hydroxylation is 2. The van der Waals surface area contributed by atoms with Crippen LogP contribution in [0.4, 0.5) is 0 Å². The topological polar surface area (TPSA) is 115 Å². The molecular formula is C50H66O6. The predicted octanol–water partition coefficient (Wildman–Crippen LogP) is 12.2. The fourth-order valence-corrected chi connectivity index (χ4v) is 8.03. The SMILES string of the molecule is Cc1cccc(CC(CCC(Cc2cccc(C)c2-c2cc(C(C)(C)C)c(O)c(C(C)(C)C)c2)C(=O)O)C(=O)O)c1-c1cc(C(C)(C)C)c(O)c(C(C)(C)C)c1. The number of phenols is 2. The number of carbonyl (C=O) groups is 2. The molecule has 4 N–H and O–H groups in total. The minimum atomic E-state index is -0.956. The van der Waals surface area contributed by atoms with E-state index in [1.54, 1.807) is 0 Å². The van der Waals surface area contributed by atoms with Crippen molar-refractivity contribution in [3.63, 3.8) is 0 Å². The van der Waals surface area contributed by atoms with Crippen LogP contribution in [-0.4, -0.2) is 32.4 Å². The zero-order chi connectivity index (χ0) is 42.3. The quantitative estimate of drug-likeness (QED) is 0.121. The Labute approximate surface area is 336 Å². The van der Waals surface area contributed by atoms with E-state index >= 15 is 0 Å². The average Bonchev–Trinajstić information content (AvgIpc) is 3.04. The highest BCUT2D eigenvalue weighted by Gasteiger charge is 2.31. The van der Waals surface area contributed by atoms with Crippen molar-refractivity contribution in [1.82, 2.24) is 0 Å². The Morgan fingerprint density at radius 3 is 1.00 bits per heavy atom. The Morgan fingerprint density at radius 1 is 0.500 bits per heavy atom. The predicted molar refractivity (Wildman–Crippen MR) is 230 cm³/mol. The van der Waals surface area contributed by atoms with E-state index in [0.29, 0.717) is 11.5 Å². The highest BCUT2D eigenvalue weighted by atomic mass is 16.4. The van der Waals surface area contributed by atoms with Crippen LogP contribution in [0.25, 0.3) is 22.3 Å². The molecule has 56 heavy (non-hydrogen) atoms. The van der Waals surface area contributed by atoms with Gasteiger partial charge in [-0.05, 0) is 130 Å². The minimum absolute atomic E-state index is 0.193. The summed E-state index contributed by atoms with van der Waals surface area (Å²) in [5.74, 6) is -2.95. The van der Waals surface area contributed by atoms with Gasteiger partial charge in [-0.15, -0.1) is 0 Å². The van der Waals surface area contributed by atoms with Gasteiger partial charge in [0.05, 0.1) is 11.8 Å². The zero-order valence-electron chi connectivity index (χ0n) is 36.4. The fraction of sp³-hybridized carbons (Fsp3) is 0.480. The number of aliphatic carboxylic acids is 2. The molecule has 0 saturated heterocycles. The van der Waals surface area contributed by atoms with E-state index in [2.05, 4.69) is 83.1 Å². The van der Waals surface area contributed by atoms with Gasteiger partial charge in [-0.25, -0.2) is 0 Å². The second kappa shape index (κ2) is 16.1. The van der Waals surface area contributed by atoms with Gasteiger partial charge in [0.15, 0.2) is 0 Å². The summed E-state index contributed by atoms with van der Waals surface area (Å²) in [5, 5.41) is 44.0. The van der Waals surface area contributed by atoms with Crippen LogP contribution in [0.15, 0.2) is 60.7 Å². The van der Waals surface area contributed by atoms with E-state index in [-0.39, 0.29) is 47.3 Å². The number of hydrogen-bond donors (Lipinski definition) is 4. The number of carboxylic acid groups (broad SMARTS) is 2. The van der Waals surface area contributed by atoms with Crippen LogP contribution in [-0.2, 0) is 44.1 Å². The van der Waals surface area contributed by atoms with Crippen LogP contribution < -0.4 is 0 Å². The van der Waals surface area contributed by atoms with E-state index in [0.717, 1.165) is 66.8 Å². The van der Waals surface area contributed by atoms with E-state index in [9.17, 15) is 30.0 Å². The second-order valence-electron chi connectivity index (χ2n) is 20.1. The molecule has 0 bridgehead atoms. The summed E-state index contributed by atoms with van der Waals surface area (Å²) in [4.78, 5) is 25.9. The van der Waals surface area contributed by atoms with Crippen LogP contribution in [0, 0.1) is 25.7 Å². The standard InChI is InChI=1S/C50H66O6/c1-29-17-15-19-31(41(29)35-25-37(47(3,4)5)43(51)38(26-35)48(6,7)8)23-33(45(53)54)21-22-34(46(55)56)24-32-20-16-18-30(2)42(32)36-27-39(49(9,10)11)44(52)40(28-36)50(12,13)14/h15-20,25-28,33-34,51-52H,21-24H2,1-14H3,(H,53,54)(H,55,56). The van der Waals surface area contributed by atoms with Crippen molar-refractivity contribution in [3.8, 4) is 33.8 Å². The largest absolute Gasteiger partial charge is 0.507 e. The Balaban J connectivity index is 1.73. The molecule has 302 valence electrons. The maximum atomic E-state index is 12.9. The van der Waals surface area contributed by atoms with Gasteiger partial charge in [-0.3, -0.25) is 9.59 Å². The Hall–Kier alpha value is -4.58. The first-order valence-electron chi connectivity index (χ1n) is 20.0. The Bertz CT molecular complexity index is 1870. The lowest BCUT2D eigenvalue weighted by Crippen LogP contribution is -2.22. The lowest BCUT2D eigenvalue weighted by atomic mass is 9.76. The van der Waals surface area contributed by atoms with Gasteiger partial charge in [0.1, 0.15) is 11.5 Å². The maximum absolute atomic E-state index is 12.9. The molecule has 4 rings (SSSR count). The molecule has 0 fully saturated rings. The van der Waals surface area contributed by atoms with Crippen LogP contribution in [0.3, 0.4) is 0 Å². The molecule has 0 aliphatic rings. The number of benzene rings is 4. The van der Waals surface area contributed by atoms with Crippen molar-refractivity contribution < 1.29 is 30.0 Å². The second-order valence-corrected chi connectivity index (χ2v) is 20.1. The molecule has 0 heterocycles. The highest BCUT2D eigenvalue weighted by Crippen LogP contribution is 2.45. The lowest BCUT2D eigenvalue weighted by Gasteiger charge is -2.29. The smallest absolute Gasteiger partial charge is 0.306 e. The number of rotatable bonds is 11. The van der Waals surface area contributed by atoms with Gasteiger partial charge >= 0.3 is 11.9 Å². The molecule has 2 atom stereocenters. The molecule has 6 nitrogen and oxygen atoms in total. The molecule has 0 aliphatic heterocycles. The molecule has 6 heteroatoms. The highest BCUT2D eigenvalue weighted by molar-refractivity contribution is 5.78. The van der Waals surface area contributed by atoms with Gasteiger partial charge in [-0.1, -0.05) is 119 Å². The molecule has 0 aliphatic carbocycles. The van der Waals surface area contributed by atoms with Gasteiger partial charge in [0.25, 0.3) is 0 Å². The summed E-state index contributed by atoms with van der Waals surface area (Å²) >= 11 is 0. The molecule has 4 aromatic rings. The molecule has 0 radical (unpaired) electrons. The molecule has 0 saturated carbocycles. The zero-order valence-corrected chi connectivity index (χ0v) is 36.4. The van der Waals surface area contributed by atoms with Crippen molar-refractivity contribution in [2.45, 2.75) is 144 Å². The summed E-state index contributed by atoms with van der Waals surface area (Å²) in [7, 11) is 0. The summed E-state index contributed by atoms with van der Waals surface area (Å²) in [5.41, 5.74) is 9.55. The Kier molecular flexibility index (Phi) is 12.7. The van der Waals surface area contributed by atoms with Crippen molar-refractivity contribution in [2.75, 3.05) is 0 Å². The van der Waals surface area contributed by atoms with E-state index in [1.807, 2.05) is 74.5 Å². The van der Waals surface area contributed by atoms with E-state index in [1.165, 1.54) is 0 Å². The fourth-order valence-electron chi connectivity index (χ4n) is 8.03. The molecule has 0 aromatic heterocycles. The Morgan fingerprint density at radius 2 is 0.768 bits per heavy atom. The van der Waals surface area contributed by atoms with Crippen LogP contribution in [0.5, 0.6) is 11.5 Å². The normalized spacial score (nSPS) is 13.8. The number of carboxylic acids is 2. The van der Waals surface area contributed by atoms with Crippen molar-refractivity contribution in [3.05, 3.63) is 105 Å². The van der Waals surface area contributed by atoms with Crippen molar-refractivity contribution in [2.24, 2.45) is 11.8 Å². The van der Waals surface area contributed by atoms with Crippen LogP contribution in [0.1, 0.15) is 140 Å². The summed E-state index contributed by atoms with van der Waals surface area (Å²) in [6.07, 6.45) is 0.865. The third-order valence-corrected chi connectivity index (χ3v) is 11.2. The molecular weight excluding hydrogens is 697 g/mol. The molecule has 0 spiro atoms. The average molecular weight is 763 g/mol. The first kappa shape index (κ1) is 44.1. The van der Waals surface area contributed by atoms with Crippen LogP contribution in [0.2, 0.25) is 0 Å². The number of aromatic hydroxyl groups is 2. The number of phenolic OH excluding ortho intramolecular Hbond substituents is 2. The van der Waals surface area contributed by atoms with Gasteiger partial charge < -0.3 is 20.4 Å². The van der Waals surface area contributed by atoms with E-state index in [4.69, 9.17) is 0 Å². The summed E-state index contributed by atoms with van der Waals surface area (Å²) in [6.45, 7) is 29.0. The first-order chi connectivity index (χ1) is 25.6. The molecule has 2 unspecified atom stereocenters.